The van der Waals surface area contributed by atoms with E-state index < -0.39 is 0 Å². The number of rotatable bonds is 2. The quantitative estimate of drug-likeness (QED) is 0.638. The van der Waals surface area contributed by atoms with Crippen LogP contribution in [0, 0.1) is 0 Å². The van der Waals surface area contributed by atoms with Crippen LogP contribution in [0.15, 0.2) is 74.7 Å². The van der Waals surface area contributed by atoms with Crippen molar-refractivity contribution in [2.45, 2.75) is 6.92 Å². The summed E-state index contributed by atoms with van der Waals surface area (Å²) < 4.78 is 5.51. The van der Waals surface area contributed by atoms with Gasteiger partial charge in [-0.2, -0.15) is 10.1 Å². The Morgan fingerprint density at radius 2 is 1.85 bits per heavy atom. The van der Waals surface area contributed by atoms with Crippen LogP contribution in [0.2, 0.25) is 5.02 Å². The van der Waals surface area contributed by atoms with Gasteiger partial charge in [-0.1, -0.05) is 35.9 Å². The van der Waals surface area contributed by atoms with Gasteiger partial charge in [-0.25, -0.2) is 0 Å². The Kier molecular flexibility index (Phi) is 3.93. The van der Waals surface area contributed by atoms with Crippen molar-refractivity contribution in [1.29, 1.82) is 0 Å². The standard InChI is InChI=1S/C20H13ClN2O3/c1-12-16(20(25)23(22-12)14-6-3-2-4-7-14)10-13-11-26-19-15(18(13)24)8-5-9-17(19)21/h2-11H,1H3/b16-10+. The smallest absolute Gasteiger partial charge is 0.280 e. The highest BCUT2D eigenvalue weighted by Gasteiger charge is 2.29. The Morgan fingerprint density at radius 3 is 2.62 bits per heavy atom. The van der Waals surface area contributed by atoms with E-state index in [-0.39, 0.29) is 16.9 Å². The fourth-order valence-corrected chi connectivity index (χ4v) is 3.04. The van der Waals surface area contributed by atoms with Crippen LogP contribution in [0.3, 0.4) is 0 Å². The molecule has 1 amide bonds. The first kappa shape index (κ1) is 16.3. The van der Waals surface area contributed by atoms with E-state index in [0.717, 1.165) is 0 Å². The molecule has 2 heterocycles. The summed E-state index contributed by atoms with van der Waals surface area (Å²) in [6.07, 6.45) is 2.82. The van der Waals surface area contributed by atoms with E-state index in [0.29, 0.717) is 33.0 Å². The fraction of sp³-hybridized carbons (Fsp3) is 0.0500. The van der Waals surface area contributed by atoms with Crippen LogP contribution in [0.25, 0.3) is 17.0 Å². The number of nitrogens with zero attached hydrogens (tertiary/aromatic N) is 2. The zero-order chi connectivity index (χ0) is 18.3. The van der Waals surface area contributed by atoms with Crippen molar-refractivity contribution < 1.29 is 9.21 Å². The molecule has 1 aromatic heterocycles. The van der Waals surface area contributed by atoms with Gasteiger partial charge in [0.25, 0.3) is 5.91 Å². The number of fused-ring (bicyclic) bond motifs is 1. The van der Waals surface area contributed by atoms with Crippen molar-refractivity contribution in [1.82, 2.24) is 0 Å². The monoisotopic (exact) mass is 364 g/mol. The molecule has 3 aromatic rings. The Hall–Kier alpha value is -3.18. The average Bonchev–Trinajstić information content (AvgIpc) is 2.93. The molecule has 0 unspecified atom stereocenters. The second kappa shape index (κ2) is 6.28. The number of amides is 1. The first-order valence-electron chi connectivity index (χ1n) is 7.93. The Bertz CT molecular complexity index is 1150. The van der Waals surface area contributed by atoms with Crippen molar-refractivity contribution in [3.05, 3.63) is 81.2 Å². The maximum absolute atomic E-state index is 12.7. The SMILES string of the molecule is CC1=NN(c2ccccc2)C(=O)/C1=C/c1coc2c(Cl)cccc2c1=O. The number of carbonyl (C=O) groups is 1. The summed E-state index contributed by atoms with van der Waals surface area (Å²) in [7, 11) is 0. The number of halogens is 1. The molecule has 5 nitrogen and oxygen atoms in total. The van der Waals surface area contributed by atoms with Crippen molar-refractivity contribution in [2.75, 3.05) is 5.01 Å². The summed E-state index contributed by atoms with van der Waals surface area (Å²) in [5.74, 6) is -0.292. The molecular formula is C20H13ClN2O3. The predicted molar refractivity (Wildman–Crippen MR) is 103 cm³/mol. The molecule has 4 rings (SSSR count). The molecule has 0 saturated heterocycles. The molecule has 6 heteroatoms. The molecule has 1 aliphatic rings. The minimum absolute atomic E-state index is 0.250. The number of para-hydroxylation sites is 2. The second-order valence-electron chi connectivity index (χ2n) is 5.83. The Morgan fingerprint density at radius 1 is 1.08 bits per heavy atom. The highest BCUT2D eigenvalue weighted by molar-refractivity contribution is 6.35. The third-order valence-electron chi connectivity index (χ3n) is 4.14. The lowest BCUT2D eigenvalue weighted by molar-refractivity contribution is -0.114. The summed E-state index contributed by atoms with van der Waals surface area (Å²) >= 11 is 6.06. The van der Waals surface area contributed by atoms with Crippen molar-refractivity contribution >= 4 is 46.0 Å². The number of hydrazone groups is 1. The molecule has 0 atom stereocenters. The van der Waals surface area contributed by atoms with E-state index in [1.54, 1.807) is 37.3 Å². The molecule has 0 aliphatic carbocycles. The van der Waals surface area contributed by atoms with Gasteiger partial charge in [0.2, 0.25) is 0 Å². The van der Waals surface area contributed by atoms with Crippen LogP contribution in [0.1, 0.15) is 12.5 Å². The van der Waals surface area contributed by atoms with Crippen molar-refractivity contribution in [3.63, 3.8) is 0 Å². The summed E-state index contributed by atoms with van der Waals surface area (Å²) in [6, 6.07) is 14.1. The number of anilines is 1. The topological polar surface area (TPSA) is 62.9 Å². The zero-order valence-electron chi connectivity index (χ0n) is 13.8. The van der Waals surface area contributed by atoms with Gasteiger partial charge in [-0.15, -0.1) is 0 Å². The summed E-state index contributed by atoms with van der Waals surface area (Å²) in [6.45, 7) is 1.73. The van der Waals surface area contributed by atoms with Gasteiger partial charge < -0.3 is 4.42 Å². The highest BCUT2D eigenvalue weighted by atomic mass is 35.5. The van der Waals surface area contributed by atoms with Crippen molar-refractivity contribution in [2.24, 2.45) is 5.10 Å². The minimum Gasteiger partial charge on any atom is -0.462 e. The molecule has 0 spiro atoms. The van der Waals surface area contributed by atoms with Crippen LogP contribution < -0.4 is 10.4 Å². The van der Waals surface area contributed by atoms with Gasteiger partial charge >= 0.3 is 0 Å². The van der Waals surface area contributed by atoms with Gasteiger partial charge in [0.05, 0.1) is 32.9 Å². The average molecular weight is 365 g/mol. The van der Waals surface area contributed by atoms with E-state index in [1.807, 2.05) is 18.2 Å². The normalized spacial score (nSPS) is 15.8. The van der Waals surface area contributed by atoms with Crippen LogP contribution >= 0.6 is 11.6 Å². The van der Waals surface area contributed by atoms with Gasteiger partial charge in [0, 0.05) is 0 Å². The molecule has 128 valence electrons. The summed E-state index contributed by atoms with van der Waals surface area (Å²) in [5.41, 5.74) is 1.90. The molecule has 0 N–H and O–H groups in total. The van der Waals surface area contributed by atoms with Gasteiger partial charge in [-0.3, -0.25) is 9.59 Å². The van der Waals surface area contributed by atoms with E-state index in [4.69, 9.17) is 16.0 Å². The lowest BCUT2D eigenvalue weighted by Gasteiger charge is -2.10. The fourth-order valence-electron chi connectivity index (χ4n) is 2.82. The maximum atomic E-state index is 12.7. The van der Waals surface area contributed by atoms with Crippen LogP contribution in [-0.4, -0.2) is 11.6 Å². The van der Waals surface area contributed by atoms with E-state index in [9.17, 15) is 9.59 Å². The second-order valence-corrected chi connectivity index (χ2v) is 6.24. The number of hydrogen-bond acceptors (Lipinski definition) is 4. The van der Waals surface area contributed by atoms with E-state index in [1.165, 1.54) is 17.3 Å². The summed E-state index contributed by atoms with van der Waals surface area (Å²) in [5, 5.41) is 6.35. The highest BCUT2D eigenvalue weighted by Crippen LogP contribution is 2.25. The first-order chi connectivity index (χ1) is 12.6. The maximum Gasteiger partial charge on any atom is 0.280 e. The first-order valence-corrected chi connectivity index (χ1v) is 8.31. The molecule has 0 radical (unpaired) electrons. The lowest BCUT2D eigenvalue weighted by Crippen LogP contribution is -2.21. The Labute approximate surface area is 153 Å². The van der Waals surface area contributed by atoms with Crippen LogP contribution in [-0.2, 0) is 4.79 Å². The molecule has 2 aromatic carbocycles. The third kappa shape index (κ3) is 2.62. The van der Waals surface area contributed by atoms with Gasteiger partial charge in [0.1, 0.15) is 6.26 Å². The number of benzene rings is 2. The molecule has 0 fully saturated rings. The summed E-state index contributed by atoms with van der Waals surface area (Å²) in [4.78, 5) is 25.4. The molecule has 0 saturated carbocycles. The van der Waals surface area contributed by atoms with Gasteiger partial charge in [-0.05, 0) is 37.3 Å². The third-order valence-corrected chi connectivity index (χ3v) is 4.44. The molecular weight excluding hydrogens is 352 g/mol. The van der Waals surface area contributed by atoms with Crippen LogP contribution in [0.4, 0.5) is 5.69 Å². The van der Waals surface area contributed by atoms with Gasteiger partial charge in [0.15, 0.2) is 11.0 Å². The predicted octanol–water partition coefficient (Wildman–Crippen LogP) is 4.25. The van der Waals surface area contributed by atoms with E-state index in [2.05, 4.69) is 5.10 Å². The van der Waals surface area contributed by atoms with Crippen molar-refractivity contribution in [3.8, 4) is 0 Å². The molecule has 26 heavy (non-hydrogen) atoms. The van der Waals surface area contributed by atoms with Crippen LogP contribution in [0.5, 0.6) is 0 Å². The number of carbonyl (C=O) groups excluding carboxylic acids is 1. The van der Waals surface area contributed by atoms with E-state index >= 15 is 0 Å². The molecule has 1 aliphatic heterocycles. The largest absolute Gasteiger partial charge is 0.462 e. The minimum atomic E-state index is -0.292. The zero-order valence-corrected chi connectivity index (χ0v) is 14.5. The molecule has 0 bridgehead atoms. The number of hydrogen-bond donors (Lipinski definition) is 0. The lowest BCUT2D eigenvalue weighted by atomic mass is 10.1. The Balaban J connectivity index is 1.79.